The minimum Gasteiger partial charge on any atom is -0.366 e. The highest BCUT2D eigenvalue weighted by molar-refractivity contribution is 6.06. The van der Waals surface area contributed by atoms with Crippen LogP contribution in [0.5, 0.6) is 0 Å². The molecule has 5 aliphatic heterocycles. The van der Waals surface area contributed by atoms with Crippen LogP contribution in [0, 0.1) is 5.82 Å². The standard InChI is InChI=1S/C18H19FN4O3/c19-13-2-1-11-12(16(13)22-6-9-5-10(7-22)20-9)8-23(18(11)26)14-3-4-15(24)21-17(14)25/h1-2,9-10,14,20H,3-8H2,(H,21,24,25). The lowest BCUT2D eigenvalue weighted by atomic mass is 9.90. The Labute approximate surface area is 149 Å². The molecule has 3 amide bonds. The second kappa shape index (κ2) is 5.51. The van der Waals surface area contributed by atoms with Gasteiger partial charge in [-0.05, 0) is 25.0 Å². The van der Waals surface area contributed by atoms with Crippen molar-refractivity contribution in [2.45, 2.75) is 43.9 Å². The number of hydrogen-bond acceptors (Lipinski definition) is 5. The van der Waals surface area contributed by atoms with E-state index >= 15 is 0 Å². The molecule has 5 aliphatic rings. The normalized spacial score (nSPS) is 30.2. The summed E-state index contributed by atoms with van der Waals surface area (Å²) in [4.78, 5) is 39.9. The van der Waals surface area contributed by atoms with Crippen molar-refractivity contribution in [3.05, 3.63) is 29.1 Å². The fourth-order valence-corrected chi connectivity index (χ4v) is 4.63. The Hall–Kier alpha value is -2.48. The summed E-state index contributed by atoms with van der Waals surface area (Å²) >= 11 is 0. The molecule has 0 radical (unpaired) electrons. The third-order valence-corrected chi connectivity index (χ3v) is 5.88. The largest absolute Gasteiger partial charge is 0.366 e. The number of carbonyl (C=O) groups excluding carboxylic acids is 3. The van der Waals surface area contributed by atoms with Gasteiger partial charge in [0.25, 0.3) is 5.91 Å². The van der Waals surface area contributed by atoms with Gasteiger partial charge >= 0.3 is 0 Å². The molecule has 3 atom stereocenters. The molecule has 26 heavy (non-hydrogen) atoms. The zero-order chi connectivity index (χ0) is 18.0. The molecule has 0 spiro atoms. The molecule has 0 aliphatic carbocycles. The van der Waals surface area contributed by atoms with Crippen LogP contribution in [-0.2, 0) is 16.1 Å². The van der Waals surface area contributed by atoms with E-state index in [0.29, 0.717) is 35.3 Å². The van der Waals surface area contributed by atoms with Gasteiger partial charge in [-0.1, -0.05) is 0 Å². The first kappa shape index (κ1) is 15.7. The van der Waals surface area contributed by atoms with Crippen molar-refractivity contribution in [3.8, 4) is 0 Å². The third-order valence-electron chi connectivity index (χ3n) is 5.88. The predicted molar refractivity (Wildman–Crippen MR) is 90.0 cm³/mol. The molecule has 4 fully saturated rings. The van der Waals surface area contributed by atoms with Crippen molar-refractivity contribution in [2.24, 2.45) is 0 Å². The number of carbonyl (C=O) groups is 3. The molecule has 2 bridgehead atoms. The van der Waals surface area contributed by atoms with Gasteiger partial charge in [0.15, 0.2) is 0 Å². The molecule has 3 unspecified atom stereocenters. The van der Waals surface area contributed by atoms with E-state index in [-0.39, 0.29) is 30.6 Å². The number of imide groups is 1. The van der Waals surface area contributed by atoms with Crippen molar-refractivity contribution in [1.82, 2.24) is 15.5 Å². The first-order valence-corrected chi connectivity index (χ1v) is 8.98. The van der Waals surface area contributed by atoms with Crippen molar-refractivity contribution in [2.75, 3.05) is 18.0 Å². The Morgan fingerprint density at radius 2 is 1.85 bits per heavy atom. The quantitative estimate of drug-likeness (QED) is 0.735. The molecular weight excluding hydrogens is 339 g/mol. The smallest absolute Gasteiger partial charge is 0.255 e. The topological polar surface area (TPSA) is 81.8 Å². The van der Waals surface area contributed by atoms with Crippen molar-refractivity contribution >= 4 is 23.4 Å². The van der Waals surface area contributed by atoms with E-state index in [1.807, 2.05) is 4.90 Å². The number of nitrogens with zero attached hydrogens (tertiary/aromatic N) is 2. The van der Waals surface area contributed by atoms with Gasteiger partial charge in [-0.3, -0.25) is 19.7 Å². The highest BCUT2D eigenvalue weighted by Crippen LogP contribution is 2.38. The fourth-order valence-electron chi connectivity index (χ4n) is 4.63. The van der Waals surface area contributed by atoms with E-state index in [9.17, 15) is 18.8 Å². The first-order valence-electron chi connectivity index (χ1n) is 8.98. The minimum atomic E-state index is -0.681. The highest BCUT2D eigenvalue weighted by Gasteiger charge is 2.43. The van der Waals surface area contributed by atoms with Crippen LogP contribution in [0.1, 0.15) is 35.2 Å². The number of anilines is 1. The van der Waals surface area contributed by atoms with Crippen LogP contribution < -0.4 is 15.5 Å². The SMILES string of the molecule is O=C1CCC(N2Cc3c(ccc(F)c3N3CC4CC(C3)N4)C2=O)C(=O)N1. The van der Waals surface area contributed by atoms with E-state index in [0.717, 1.165) is 19.5 Å². The Morgan fingerprint density at radius 1 is 1.12 bits per heavy atom. The first-order chi connectivity index (χ1) is 12.5. The van der Waals surface area contributed by atoms with E-state index in [2.05, 4.69) is 10.6 Å². The van der Waals surface area contributed by atoms with Crippen molar-refractivity contribution in [1.29, 1.82) is 0 Å². The highest BCUT2D eigenvalue weighted by atomic mass is 19.1. The van der Waals surface area contributed by atoms with Gasteiger partial charge in [-0.15, -0.1) is 0 Å². The lowest BCUT2D eigenvalue weighted by Gasteiger charge is -2.49. The maximum atomic E-state index is 14.7. The van der Waals surface area contributed by atoms with E-state index in [1.54, 1.807) is 0 Å². The van der Waals surface area contributed by atoms with Crippen LogP contribution in [0.25, 0.3) is 0 Å². The summed E-state index contributed by atoms with van der Waals surface area (Å²) in [6.07, 6.45) is 1.62. The zero-order valence-electron chi connectivity index (χ0n) is 14.1. The minimum absolute atomic E-state index is 0.201. The summed E-state index contributed by atoms with van der Waals surface area (Å²) < 4.78 is 14.7. The maximum Gasteiger partial charge on any atom is 0.255 e. The number of nitrogens with one attached hydrogen (secondary N) is 2. The molecule has 2 N–H and O–H groups in total. The second-order valence-corrected chi connectivity index (χ2v) is 7.52. The number of halogens is 1. The molecule has 4 saturated heterocycles. The Morgan fingerprint density at radius 3 is 2.54 bits per heavy atom. The average molecular weight is 358 g/mol. The Balaban J connectivity index is 1.47. The summed E-state index contributed by atoms with van der Waals surface area (Å²) in [6.45, 7) is 1.64. The molecule has 0 saturated carbocycles. The number of hydrogen-bond donors (Lipinski definition) is 2. The van der Waals surface area contributed by atoms with Gasteiger partial charge in [-0.25, -0.2) is 4.39 Å². The van der Waals surface area contributed by atoms with Gasteiger partial charge in [0.1, 0.15) is 11.9 Å². The summed E-state index contributed by atoms with van der Waals surface area (Å²) in [6, 6.07) is 2.90. The lowest BCUT2D eigenvalue weighted by Crippen LogP contribution is -2.67. The Kier molecular flexibility index (Phi) is 3.34. The molecule has 8 heteroatoms. The molecule has 7 nitrogen and oxygen atoms in total. The fraction of sp³-hybridized carbons (Fsp3) is 0.500. The predicted octanol–water partition coefficient (Wildman–Crippen LogP) is 0.137. The van der Waals surface area contributed by atoms with Crippen LogP contribution in [0.3, 0.4) is 0 Å². The van der Waals surface area contributed by atoms with Crippen LogP contribution in [0.4, 0.5) is 10.1 Å². The summed E-state index contributed by atoms with van der Waals surface area (Å²) in [5.41, 5.74) is 1.60. The second-order valence-electron chi connectivity index (χ2n) is 7.52. The number of benzene rings is 1. The number of piperidine rings is 2. The molecule has 1 aromatic rings. The summed E-state index contributed by atoms with van der Waals surface area (Å²) in [7, 11) is 0. The third kappa shape index (κ3) is 2.25. The van der Waals surface area contributed by atoms with Gasteiger partial charge < -0.3 is 15.1 Å². The summed E-state index contributed by atoms with van der Waals surface area (Å²) in [5, 5.41) is 5.71. The number of amides is 3. The van der Waals surface area contributed by atoms with E-state index in [4.69, 9.17) is 0 Å². The van der Waals surface area contributed by atoms with Gasteiger partial charge in [0.05, 0.1) is 5.69 Å². The zero-order valence-corrected chi connectivity index (χ0v) is 14.1. The number of piperazine rings is 1. The molecule has 5 heterocycles. The van der Waals surface area contributed by atoms with Crippen LogP contribution >= 0.6 is 0 Å². The average Bonchev–Trinajstić information content (AvgIpc) is 2.91. The lowest BCUT2D eigenvalue weighted by molar-refractivity contribution is -0.136. The summed E-state index contributed by atoms with van der Waals surface area (Å²) in [5.74, 6) is -1.37. The molecule has 0 aromatic heterocycles. The van der Waals surface area contributed by atoms with Gasteiger partial charge in [-0.2, -0.15) is 0 Å². The van der Waals surface area contributed by atoms with E-state index in [1.165, 1.54) is 17.0 Å². The maximum absolute atomic E-state index is 14.7. The van der Waals surface area contributed by atoms with E-state index < -0.39 is 11.9 Å². The Bertz CT molecular complexity index is 826. The van der Waals surface area contributed by atoms with Crippen LogP contribution in [0.2, 0.25) is 0 Å². The molecular formula is C18H19FN4O3. The van der Waals surface area contributed by atoms with Crippen LogP contribution in [-0.4, -0.2) is 53.8 Å². The number of fused-ring (bicyclic) bond motifs is 3. The van der Waals surface area contributed by atoms with Gasteiger partial charge in [0.2, 0.25) is 11.8 Å². The molecule has 136 valence electrons. The van der Waals surface area contributed by atoms with Crippen molar-refractivity contribution < 1.29 is 18.8 Å². The molecule has 1 aromatic carbocycles. The van der Waals surface area contributed by atoms with Gasteiger partial charge in [0, 0.05) is 49.3 Å². The molecule has 6 rings (SSSR count). The monoisotopic (exact) mass is 358 g/mol. The van der Waals surface area contributed by atoms with Crippen LogP contribution in [0.15, 0.2) is 12.1 Å². The number of rotatable bonds is 2. The van der Waals surface area contributed by atoms with Crippen molar-refractivity contribution in [3.63, 3.8) is 0 Å².